The molecule has 3 rings (SSSR count). The van der Waals surface area contributed by atoms with Crippen molar-refractivity contribution in [3.63, 3.8) is 0 Å². The van der Waals surface area contributed by atoms with E-state index < -0.39 is 16.1 Å². The molecule has 0 saturated carbocycles. The molecule has 3 aromatic carbocycles. The minimum Gasteiger partial charge on any atom is -0.367 e. The molecule has 3 aromatic rings. The zero-order valence-corrected chi connectivity index (χ0v) is 17.3. The van der Waals surface area contributed by atoms with Crippen molar-refractivity contribution in [2.75, 3.05) is 6.61 Å². The van der Waals surface area contributed by atoms with Crippen LogP contribution in [-0.2, 0) is 14.8 Å². The summed E-state index contributed by atoms with van der Waals surface area (Å²) in [5.74, 6) is 0. The van der Waals surface area contributed by atoms with Crippen LogP contribution in [0.15, 0.2) is 100 Å². The lowest BCUT2D eigenvalue weighted by molar-refractivity contribution is 0.0960. The van der Waals surface area contributed by atoms with Gasteiger partial charge >= 0.3 is 0 Å². The first-order chi connectivity index (χ1) is 14.1. The fourth-order valence-electron chi connectivity index (χ4n) is 2.94. The second kappa shape index (κ2) is 10.1. The van der Waals surface area contributed by atoms with E-state index in [1.165, 1.54) is 0 Å². The molecule has 0 spiro atoms. The molecule has 0 aromatic heterocycles. The van der Waals surface area contributed by atoms with E-state index in [1.807, 2.05) is 60.7 Å². The minimum absolute atomic E-state index is 0.161. The van der Waals surface area contributed by atoms with E-state index in [0.29, 0.717) is 12.3 Å². The van der Waals surface area contributed by atoms with Crippen molar-refractivity contribution in [1.82, 2.24) is 0 Å². The number of unbranched alkanes of at least 4 members (excludes halogenated alkanes) is 1. The van der Waals surface area contributed by atoms with E-state index in [0.717, 1.165) is 24.0 Å². The molecule has 5 heteroatoms. The van der Waals surface area contributed by atoms with E-state index in [1.54, 1.807) is 30.3 Å². The average Bonchev–Trinajstić information content (AvgIpc) is 2.77. The smallest absolute Gasteiger partial charge is 0.282 e. The van der Waals surface area contributed by atoms with Gasteiger partial charge in [-0.15, -0.1) is 0 Å². The van der Waals surface area contributed by atoms with Crippen LogP contribution in [0.3, 0.4) is 0 Å². The third-order valence-electron chi connectivity index (χ3n) is 4.46. The Bertz CT molecular complexity index is 1020. The lowest BCUT2D eigenvalue weighted by atomic mass is 9.99. The van der Waals surface area contributed by atoms with Crippen LogP contribution in [0.25, 0.3) is 0 Å². The lowest BCUT2D eigenvalue weighted by Crippen LogP contribution is -2.20. The monoisotopic (exact) mass is 407 g/mol. The maximum Gasteiger partial charge on any atom is 0.282 e. The highest BCUT2D eigenvalue weighted by Crippen LogP contribution is 2.26. The van der Waals surface area contributed by atoms with Crippen molar-refractivity contribution in [3.8, 4) is 0 Å². The summed E-state index contributed by atoms with van der Waals surface area (Å²) < 4.78 is 36.5. The summed E-state index contributed by atoms with van der Waals surface area (Å²) in [7, 11) is -3.88. The third-order valence-corrected chi connectivity index (χ3v) is 5.77. The fourth-order valence-corrected chi connectivity index (χ4v) is 4.01. The Morgan fingerprint density at radius 1 is 0.862 bits per heavy atom. The third kappa shape index (κ3) is 5.62. The number of hydrogen-bond donors (Lipinski definition) is 0. The van der Waals surface area contributed by atoms with Gasteiger partial charge in [-0.1, -0.05) is 92.2 Å². The quantitative estimate of drug-likeness (QED) is 0.351. The topological polar surface area (TPSA) is 55.7 Å². The zero-order chi connectivity index (χ0) is 20.5. The highest BCUT2D eigenvalue weighted by molar-refractivity contribution is 7.90. The van der Waals surface area contributed by atoms with Gasteiger partial charge in [0.15, 0.2) is 0 Å². The van der Waals surface area contributed by atoms with Gasteiger partial charge in [0.05, 0.1) is 10.6 Å². The Hall–Kier alpha value is -2.76. The molecule has 0 amide bonds. The Balaban J connectivity index is 2.12. The highest BCUT2D eigenvalue weighted by Gasteiger charge is 2.24. The van der Waals surface area contributed by atoms with Gasteiger partial charge in [0, 0.05) is 6.61 Å². The predicted octanol–water partition coefficient (Wildman–Crippen LogP) is 5.42. The van der Waals surface area contributed by atoms with E-state index >= 15 is 0 Å². The highest BCUT2D eigenvalue weighted by atomic mass is 32.2. The molecule has 150 valence electrons. The molecule has 0 radical (unpaired) electrons. The molecule has 0 aliphatic carbocycles. The van der Waals surface area contributed by atoms with Crippen molar-refractivity contribution in [1.29, 1.82) is 0 Å². The Morgan fingerprint density at radius 2 is 1.41 bits per heavy atom. The molecule has 1 unspecified atom stereocenters. The molecule has 0 N–H and O–H groups in total. The normalized spacial score (nSPS) is 13.2. The molecule has 0 aliphatic rings. The van der Waals surface area contributed by atoms with Crippen molar-refractivity contribution in [2.45, 2.75) is 30.8 Å². The summed E-state index contributed by atoms with van der Waals surface area (Å²) in [5.41, 5.74) is 1.98. The summed E-state index contributed by atoms with van der Waals surface area (Å²) in [6, 6.07) is 27.2. The van der Waals surface area contributed by atoms with E-state index in [-0.39, 0.29) is 4.90 Å². The van der Waals surface area contributed by atoms with Crippen LogP contribution in [0.5, 0.6) is 0 Å². The maximum atomic E-state index is 13.0. The predicted molar refractivity (Wildman–Crippen MR) is 117 cm³/mol. The Kier molecular flexibility index (Phi) is 7.33. The van der Waals surface area contributed by atoms with Crippen molar-refractivity contribution in [2.24, 2.45) is 4.40 Å². The summed E-state index contributed by atoms with van der Waals surface area (Å²) in [6.07, 6.45) is 1.29. The molecule has 4 nitrogen and oxygen atoms in total. The second-order valence-electron chi connectivity index (χ2n) is 6.65. The van der Waals surface area contributed by atoms with Gasteiger partial charge in [-0.05, 0) is 29.7 Å². The molecule has 0 heterocycles. The number of hydrogen-bond acceptors (Lipinski definition) is 3. The van der Waals surface area contributed by atoms with Gasteiger partial charge < -0.3 is 4.74 Å². The average molecular weight is 408 g/mol. The van der Waals surface area contributed by atoms with Crippen LogP contribution in [0.1, 0.15) is 37.0 Å². The van der Waals surface area contributed by atoms with E-state index in [9.17, 15) is 8.42 Å². The van der Waals surface area contributed by atoms with Gasteiger partial charge in [-0.25, -0.2) is 0 Å². The Morgan fingerprint density at radius 3 is 2.00 bits per heavy atom. The first-order valence-electron chi connectivity index (χ1n) is 9.73. The molecule has 29 heavy (non-hydrogen) atoms. The Labute approximate surface area is 173 Å². The van der Waals surface area contributed by atoms with E-state index in [2.05, 4.69) is 11.3 Å². The molecule has 0 fully saturated rings. The number of ether oxygens (including phenoxy) is 1. The summed E-state index contributed by atoms with van der Waals surface area (Å²) in [4.78, 5) is 0.161. The number of benzene rings is 3. The lowest BCUT2D eigenvalue weighted by Gasteiger charge is -2.21. The van der Waals surface area contributed by atoms with Crippen LogP contribution in [-0.4, -0.2) is 20.7 Å². The fraction of sp³-hybridized carbons (Fsp3) is 0.208. The molecular formula is C24H25NO3S. The SMILES string of the molecule is CCCCOC(C(=NS(=O)(=O)c1ccccc1)c1ccccc1)c1ccccc1. The van der Waals surface area contributed by atoms with Gasteiger partial charge in [0.2, 0.25) is 0 Å². The van der Waals surface area contributed by atoms with E-state index in [4.69, 9.17) is 4.74 Å². The van der Waals surface area contributed by atoms with Gasteiger partial charge in [-0.3, -0.25) is 0 Å². The summed E-state index contributed by atoms with van der Waals surface area (Å²) >= 11 is 0. The maximum absolute atomic E-state index is 13.0. The molecule has 0 bridgehead atoms. The number of nitrogens with zero attached hydrogens (tertiary/aromatic N) is 1. The van der Waals surface area contributed by atoms with Gasteiger partial charge in [0.1, 0.15) is 6.10 Å². The molecule has 1 atom stereocenters. The first kappa shape index (κ1) is 21.0. The number of rotatable bonds is 9. The van der Waals surface area contributed by atoms with Crippen LogP contribution in [0, 0.1) is 0 Å². The summed E-state index contributed by atoms with van der Waals surface area (Å²) in [6.45, 7) is 2.61. The van der Waals surface area contributed by atoms with Crippen LogP contribution >= 0.6 is 0 Å². The standard InChI is InChI=1S/C24H25NO3S/c1-2-3-19-28-24(21-15-9-5-10-16-21)23(20-13-7-4-8-14-20)25-29(26,27)22-17-11-6-12-18-22/h4-18,24H,2-3,19H2,1H3. The molecule has 0 saturated heterocycles. The number of sulfonamides is 1. The second-order valence-corrected chi connectivity index (χ2v) is 8.25. The van der Waals surface area contributed by atoms with Crippen LogP contribution in [0.4, 0.5) is 0 Å². The largest absolute Gasteiger partial charge is 0.367 e. The van der Waals surface area contributed by atoms with Crippen LogP contribution in [0.2, 0.25) is 0 Å². The van der Waals surface area contributed by atoms with Crippen molar-refractivity contribution < 1.29 is 13.2 Å². The molecule has 0 aliphatic heterocycles. The van der Waals surface area contributed by atoms with Crippen LogP contribution < -0.4 is 0 Å². The minimum atomic E-state index is -3.88. The first-order valence-corrected chi connectivity index (χ1v) is 11.2. The van der Waals surface area contributed by atoms with Crippen molar-refractivity contribution in [3.05, 3.63) is 102 Å². The van der Waals surface area contributed by atoms with Gasteiger partial charge in [0.25, 0.3) is 10.0 Å². The van der Waals surface area contributed by atoms with Gasteiger partial charge in [-0.2, -0.15) is 12.8 Å². The van der Waals surface area contributed by atoms with Crippen molar-refractivity contribution >= 4 is 15.7 Å². The molecular weight excluding hydrogens is 382 g/mol. The summed E-state index contributed by atoms with van der Waals surface area (Å²) in [5, 5.41) is 0. The zero-order valence-electron chi connectivity index (χ0n) is 16.4.